The van der Waals surface area contributed by atoms with Gasteiger partial charge in [0.1, 0.15) is 5.84 Å². The van der Waals surface area contributed by atoms with Crippen LogP contribution in [0.15, 0.2) is 5.16 Å². The van der Waals surface area contributed by atoms with Gasteiger partial charge >= 0.3 is 0 Å². The molecule has 1 rings (SSSR count). The molecule has 6 heteroatoms. The van der Waals surface area contributed by atoms with Crippen molar-refractivity contribution in [3.05, 3.63) is 0 Å². The van der Waals surface area contributed by atoms with E-state index in [9.17, 15) is 4.79 Å². The summed E-state index contributed by atoms with van der Waals surface area (Å²) in [5.74, 6) is 0.175. The maximum absolute atomic E-state index is 11.5. The molecule has 1 aliphatic carbocycles. The lowest BCUT2D eigenvalue weighted by Gasteiger charge is -2.13. The molecule has 86 valence electrons. The summed E-state index contributed by atoms with van der Waals surface area (Å²) in [7, 11) is 0. The monoisotopic (exact) mass is 214 g/mol. The SMILES string of the molecule is CC(NCCC(N)=NO)C(=O)NC1CC1. The van der Waals surface area contributed by atoms with E-state index >= 15 is 0 Å². The highest BCUT2D eigenvalue weighted by Crippen LogP contribution is 2.18. The van der Waals surface area contributed by atoms with E-state index in [2.05, 4.69) is 15.8 Å². The number of rotatable bonds is 6. The first kappa shape index (κ1) is 11.8. The van der Waals surface area contributed by atoms with Gasteiger partial charge < -0.3 is 21.6 Å². The number of nitrogens with two attached hydrogens (primary N) is 1. The molecule has 5 N–H and O–H groups in total. The van der Waals surface area contributed by atoms with Crippen molar-refractivity contribution < 1.29 is 10.0 Å². The Bertz CT molecular complexity index is 250. The minimum Gasteiger partial charge on any atom is -0.409 e. The van der Waals surface area contributed by atoms with Crippen molar-refractivity contribution in [3.63, 3.8) is 0 Å². The highest BCUT2D eigenvalue weighted by molar-refractivity contribution is 5.82. The lowest BCUT2D eigenvalue weighted by molar-refractivity contribution is -0.122. The maximum atomic E-state index is 11.5. The summed E-state index contributed by atoms with van der Waals surface area (Å²) in [6.07, 6.45) is 2.60. The van der Waals surface area contributed by atoms with Gasteiger partial charge in [0.25, 0.3) is 0 Å². The average molecular weight is 214 g/mol. The zero-order valence-electron chi connectivity index (χ0n) is 8.86. The van der Waals surface area contributed by atoms with Gasteiger partial charge in [-0.25, -0.2) is 0 Å². The first-order valence-electron chi connectivity index (χ1n) is 5.13. The molecule has 1 amide bonds. The minimum atomic E-state index is -0.239. The largest absolute Gasteiger partial charge is 0.409 e. The van der Waals surface area contributed by atoms with Gasteiger partial charge in [-0.15, -0.1) is 0 Å². The lowest BCUT2D eigenvalue weighted by atomic mass is 10.3. The molecule has 1 unspecified atom stereocenters. The van der Waals surface area contributed by atoms with Crippen LogP contribution in [0.2, 0.25) is 0 Å². The smallest absolute Gasteiger partial charge is 0.237 e. The molecule has 1 fully saturated rings. The second-order valence-electron chi connectivity index (χ2n) is 3.80. The van der Waals surface area contributed by atoms with Gasteiger partial charge in [-0.3, -0.25) is 4.79 Å². The summed E-state index contributed by atoms with van der Waals surface area (Å²) in [5, 5.41) is 17.0. The van der Waals surface area contributed by atoms with E-state index in [1.165, 1.54) is 0 Å². The fourth-order valence-corrected chi connectivity index (χ4v) is 1.11. The van der Waals surface area contributed by atoms with Gasteiger partial charge in [-0.1, -0.05) is 5.16 Å². The summed E-state index contributed by atoms with van der Waals surface area (Å²) in [5.41, 5.74) is 5.29. The Labute approximate surface area is 88.9 Å². The van der Waals surface area contributed by atoms with Gasteiger partial charge in [0.15, 0.2) is 0 Å². The fraction of sp³-hybridized carbons (Fsp3) is 0.778. The van der Waals surface area contributed by atoms with E-state index in [1.54, 1.807) is 6.92 Å². The van der Waals surface area contributed by atoms with E-state index in [1.807, 2.05) is 0 Å². The number of hydrogen-bond acceptors (Lipinski definition) is 4. The van der Waals surface area contributed by atoms with Crippen molar-refractivity contribution in [1.82, 2.24) is 10.6 Å². The summed E-state index contributed by atoms with van der Waals surface area (Å²) < 4.78 is 0. The molecule has 0 heterocycles. The van der Waals surface area contributed by atoms with E-state index in [4.69, 9.17) is 10.9 Å². The maximum Gasteiger partial charge on any atom is 0.237 e. The van der Waals surface area contributed by atoms with Gasteiger partial charge in [-0.05, 0) is 19.8 Å². The van der Waals surface area contributed by atoms with Crippen molar-refractivity contribution in [2.75, 3.05) is 6.54 Å². The second kappa shape index (κ2) is 5.55. The molecule has 0 aliphatic heterocycles. The Morgan fingerprint density at radius 1 is 1.67 bits per heavy atom. The molecule has 1 atom stereocenters. The highest BCUT2D eigenvalue weighted by Gasteiger charge is 2.25. The second-order valence-corrected chi connectivity index (χ2v) is 3.80. The molecule has 0 saturated heterocycles. The number of amides is 1. The first-order chi connectivity index (χ1) is 7.13. The molecule has 1 saturated carbocycles. The summed E-state index contributed by atoms with van der Waals surface area (Å²) >= 11 is 0. The molecule has 15 heavy (non-hydrogen) atoms. The van der Waals surface area contributed by atoms with Crippen LogP contribution in [-0.2, 0) is 4.79 Å². The molecule has 0 bridgehead atoms. The Kier molecular flexibility index (Phi) is 4.36. The minimum absolute atomic E-state index is 0.0111. The van der Waals surface area contributed by atoms with E-state index in [0.29, 0.717) is 19.0 Å². The number of carbonyl (C=O) groups excluding carboxylic acids is 1. The van der Waals surface area contributed by atoms with E-state index in [0.717, 1.165) is 12.8 Å². The molecule has 0 aromatic rings. The van der Waals surface area contributed by atoms with Crippen LogP contribution >= 0.6 is 0 Å². The Morgan fingerprint density at radius 2 is 2.33 bits per heavy atom. The van der Waals surface area contributed by atoms with Gasteiger partial charge in [0, 0.05) is 19.0 Å². The van der Waals surface area contributed by atoms with Crippen LogP contribution in [0.3, 0.4) is 0 Å². The summed E-state index contributed by atoms with van der Waals surface area (Å²) in [6.45, 7) is 2.32. The Balaban J connectivity index is 2.11. The normalized spacial score (nSPS) is 18.6. The molecule has 1 aliphatic rings. The van der Waals surface area contributed by atoms with Crippen LogP contribution in [0.4, 0.5) is 0 Å². The fourth-order valence-electron chi connectivity index (χ4n) is 1.11. The average Bonchev–Trinajstić information content (AvgIpc) is 3.01. The van der Waals surface area contributed by atoms with Gasteiger partial charge in [0.05, 0.1) is 6.04 Å². The Morgan fingerprint density at radius 3 is 2.87 bits per heavy atom. The number of oxime groups is 1. The molecule has 6 nitrogen and oxygen atoms in total. The number of nitrogens with one attached hydrogen (secondary N) is 2. The van der Waals surface area contributed by atoms with E-state index in [-0.39, 0.29) is 17.8 Å². The van der Waals surface area contributed by atoms with Crippen LogP contribution in [-0.4, -0.2) is 35.6 Å². The standard InChI is InChI=1S/C9H18N4O2/c1-6(9(14)12-7-2-3-7)11-5-4-8(10)13-15/h6-7,11,15H,2-5H2,1H3,(H2,10,13)(H,12,14). The summed E-state index contributed by atoms with van der Waals surface area (Å²) in [6, 6.07) is 0.142. The van der Waals surface area contributed by atoms with Crippen molar-refractivity contribution in [1.29, 1.82) is 0 Å². The number of hydrogen-bond donors (Lipinski definition) is 4. The Hall–Kier alpha value is -1.30. The van der Waals surface area contributed by atoms with Crippen LogP contribution in [0.5, 0.6) is 0 Å². The molecular formula is C9H18N4O2. The molecule has 0 aromatic carbocycles. The predicted molar refractivity (Wildman–Crippen MR) is 56.7 cm³/mol. The van der Waals surface area contributed by atoms with Gasteiger partial charge in [0.2, 0.25) is 5.91 Å². The summed E-state index contributed by atoms with van der Waals surface area (Å²) in [4.78, 5) is 11.5. The van der Waals surface area contributed by atoms with Crippen molar-refractivity contribution in [3.8, 4) is 0 Å². The van der Waals surface area contributed by atoms with Gasteiger partial charge in [-0.2, -0.15) is 0 Å². The van der Waals surface area contributed by atoms with E-state index < -0.39 is 0 Å². The highest BCUT2D eigenvalue weighted by atomic mass is 16.4. The zero-order chi connectivity index (χ0) is 11.3. The number of carbonyl (C=O) groups is 1. The van der Waals surface area contributed by atoms with Crippen LogP contribution in [0, 0.1) is 0 Å². The van der Waals surface area contributed by atoms with Crippen LogP contribution < -0.4 is 16.4 Å². The van der Waals surface area contributed by atoms with Crippen molar-refractivity contribution in [2.45, 2.75) is 38.3 Å². The molecule has 0 spiro atoms. The third-order valence-electron chi connectivity index (χ3n) is 2.28. The quantitative estimate of drug-likeness (QED) is 0.205. The topological polar surface area (TPSA) is 99.7 Å². The number of amidine groups is 1. The lowest BCUT2D eigenvalue weighted by Crippen LogP contribution is -2.43. The van der Waals surface area contributed by atoms with Crippen molar-refractivity contribution >= 4 is 11.7 Å². The third kappa shape index (κ3) is 4.64. The molecular weight excluding hydrogens is 196 g/mol. The first-order valence-corrected chi connectivity index (χ1v) is 5.13. The van der Waals surface area contributed by atoms with Crippen LogP contribution in [0.25, 0.3) is 0 Å². The third-order valence-corrected chi connectivity index (χ3v) is 2.28. The van der Waals surface area contributed by atoms with Crippen LogP contribution in [0.1, 0.15) is 26.2 Å². The molecule has 0 aromatic heterocycles. The zero-order valence-corrected chi connectivity index (χ0v) is 8.86. The predicted octanol–water partition coefficient (Wildman–Crippen LogP) is -0.620. The number of nitrogens with zero attached hydrogens (tertiary/aromatic N) is 1. The van der Waals surface area contributed by atoms with Crippen molar-refractivity contribution in [2.24, 2.45) is 10.9 Å². The molecule has 0 radical (unpaired) electrons.